The average Bonchev–Trinajstić information content (AvgIpc) is 2.68. The summed E-state index contributed by atoms with van der Waals surface area (Å²) in [6, 6.07) is 9.83. The summed E-state index contributed by atoms with van der Waals surface area (Å²) in [6.07, 6.45) is 5.25. The first-order valence-electron chi connectivity index (χ1n) is 9.69. The predicted octanol–water partition coefficient (Wildman–Crippen LogP) is 3.55. The fraction of sp³-hybridized carbons (Fsp3) is 0.524. The van der Waals surface area contributed by atoms with Crippen LogP contribution in [0.4, 0.5) is 0 Å². The van der Waals surface area contributed by atoms with Gasteiger partial charge in [-0.3, -0.25) is 14.2 Å². The van der Waals surface area contributed by atoms with Crippen molar-refractivity contribution >= 4 is 16.9 Å². The van der Waals surface area contributed by atoms with Crippen molar-refractivity contribution in [3.05, 3.63) is 46.2 Å². The Bertz CT molecular complexity index is 806. The normalized spacial score (nSPS) is 15.3. The third kappa shape index (κ3) is 4.33. The Balaban J connectivity index is 1.86. The van der Waals surface area contributed by atoms with E-state index in [2.05, 4.69) is 12.2 Å². The summed E-state index contributed by atoms with van der Waals surface area (Å²) in [5.74, 6) is 0.0292. The van der Waals surface area contributed by atoms with E-state index in [4.69, 9.17) is 4.74 Å². The third-order valence-corrected chi connectivity index (χ3v) is 5.15. The number of rotatable bonds is 7. The summed E-state index contributed by atoms with van der Waals surface area (Å²) in [4.78, 5) is 25.1. The Labute approximate surface area is 154 Å². The number of hydrogen-bond acceptors (Lipinski definition) is 4. The fourth-order valence-electron chi connectivity index (χ4n) is 3.63. The molecule has 0 aliphatic carbocycles. The number of piperidine rings is 1. The van der Waals surface area contributed by atoms with Crippen molar-refractivity contribution in [1.29, 1.82) is 0 Å². The van der Waals surface area contributed by atoms with Crippen LogP contribution < -0.4 is 10.9 Å². The maximum Gasteiger partial charge on any atom is 0.307 e. The lowest BCUT2D eigenvalue weighted by molar-refractivity contribution is -0.147. The molecule has 1 saturated heterocycles. The highest BCUT2D eigenvalue weighted by atomic mass is 16.5. The van der Waals surface area contributed by atoms with E-state index < -0.39 is 0 Å². The van der Waals surface area contributed by atoms with Gasteiger partial charge in [-0.15, -0.1) is 0 Å². The summed E-state index contributed by atoms with van der Waals surface area (Å²) in [6.45, 7) is 3.96. The Morgan fingerprint density at radius 3 is 2.77 bits per heavy atom. The van der Waals surface area contributed by atoms with Gasteiger partial charge in [0.25, 0.3) is 5.56 Å². The Morgan fingerprint density at radius 1 is 1.23 bits per heavy atom. The van der Waals surface area contributed by atoms with Crippen LogP contribution in [-0.4, -0.2) is 23.6 Å². The van der Waals surface area contributed by atoms with Gasteiger partial charge >= 0.3 is 5.97 Å². The average molecular weight is 356 g/mol. The first kappa shape index (κ1) is 18.6. The van der Waals surface area contributed by atoms with Gasteiger partial charge in [0.1, 0.15) is 0 Å². The molecule has 1 aromatic carbocycles. The standard InChI is InChI=1S/C21H28N2O3/c1-2-3-4-9-20(24)26-15-23-19-8-6-5-7-17(19)14-18(21(23)25)16-10-12-22-13-11-16/h5-8,14,16,22H,2-4,9-13,15H2,1H3. The lowest BCUT2D eigenvalue weighted by Gasteiger charge is -2.23. The summed E-state index contributed by atoms with van der Waals surface area (Å²) in [7, 11) is 0. The van der Waals surface area contributed by atoms with Crippen LogP contribution in [0.25, 0.3) is 10.9 Å². The molecule has 2 aromatic rings. The third-order valence-electron chi connectivity index (χ3n) is 5.15. The van der Waals surface area contributed by atoms with Crippen LogP contribution in [0.2, 0.25) is 0 Å². The van der Waals surface area contributed by atoms with Crippen LogP contribution in [0.1, 0.15) is 56.9 Å². The number of nitrogens with zero attached hydrogens (tertiary/aromatic N) is 1. The fourth-order valence-corrected chi connectivity index (χ4v) is 3.63. The molecule has 0 radical (unpaired) electrons. The van der Waals surface area contributed by atoms with Crippen molar-refractivity contribution in [1.82, 2.24) is 9.88 Å². The van der Waals surface area contributed by atoms with Crippen molar-refractivity contribution in [2.75, 3.05) is 13.1 Å². The maximum atomic E-state index is 13.1. The van der Waals surface area contributed by atoms with Crippen molar-refractivity contribution in [2.24, 2.45) is 0 Å². The van der Waals surface area contributed by atoms with Gasteiger partial charge in [-0.05, 0) is 55.8 Å². The number of aromatic nitrogens is 1. The van der Waals surface area contributed by atoms with E-state index in [0.29, 0.717) is 6.42 Å². The molecule has 0 atom stereocenters. The molecule has 0 amide bonds. The molecule has 1 fully saturated rings. The quantitative estimate of drug-likeness (QED) is 0.609. The summed E-state index contributed by atoms with van der Waals surface area (Å²) in [5, 5.41) is 4.36. The van der Waals surface area contributed by atoms with E-state index in [-0.39, 0.29) is 24.2 Å². The lowest BCUT2D eigenvalue weighted by atomic mass is 9.90. The van der Waals surface area contributed by atoms with Gasteiger partial charge in [0.2, 0.25) is 0 Å². The Kier molecular flexibility index (Phi) is 6.45. The number of ether oxygens (including phenoxy) is 1. The molecule has 5 nitrogen and oxygen atoms in total. The van der Waals surface area contributed by atoms with Crippen LogP contribution >= 0.6 is 0 Å². The largest absolute Gasteiger partial charge is 0.444 e. The highest BCUT2D eigenvalue weighted by molar-refractivity contribution is 5.79. The van der Waals surface area contributed by atoms with Crippen LogP contribution in [0.5, 0.6) is 0 Å². The highest BCUT2D eigenvalue weighted by Gasteiger charge is 2.21. The molecule has 5 heteroatoms. The van der Waals surface area contributed by atoms with Crippen LogP contribution in [0, 0.1) is 0 Å². The van der Waals surface area contributed by atoms with Gasteiger partial charge in [-0.25, -0.2) is 0 Å². The number of carbonyl (C=O) groups is 1. The minimum absolute atomic E-state index is 0.0108. The van der Waals surface area contributed by atoms with Crippen molar-refractivity contribution in [3.63, 3.8) is 0 Å². The number of esters is 1. The minimum Gasteiger partial charge on any atom is -0.444 e. The van der Waals surface area contributed by atoms with Crippen LogP contribution in [0.15, 0.2) is 35.1 Å². The zero-order valence-corrected chi connectivity index (χ0v) is 15.5. The number of carbonyl (C=O) groups excluding carboxylic acids is 1. The number of benzene rings is 1. The summed E-state index contributed by atoms with van der Waals surface area (Å²) >= 11 is 0. The van der Waals surface area contributed by atoms with Gasteiger partial charge in [0.15, 0.2) is 6.73 Å². The molecular weight excluding hydrogens is 328 g/mol. The first-order valence-corrected chi connectivity index (χ1v) is 9.69. The molecule has 1 N–H and O–H groups in total. The van der Waals surface area contributed by atoms with Gasteiger partial charge in [0, 0.05) is 12.0 Å². The topological polar surface area (TPSA) is 60.3 Å². The molecular formula is C21H28N2O3. The molecule has 0 saturated carbocycles. The zero-order valence-electron chi connectivity index (χ0n) is 15.5. The molecule has 1 aliphatic rings. The predicted molar refractivity (Wildman–Crippen MR) is 103 cm³/mol. The van der Waals surface area contributed by atoms with Gasteiger partial charge in [0.05, 0.1) is 5.52 Å². The van der Waals surface area contributed by atoms with Gasteiger partial charge in [-0.1, -0.05) is 38.0 Å². The second-order valence-corrected chi connectivity index (χ2v) is 7.02. The zero-order chi connectivity index (χ0) is 18.4. The lowest BCUT2D eigenvalue weighted by Crippen LogP contribution is -2.32. The van der Waals surface area contributed by atoms with Crippen molar-refractivity contribution in [3.8, 4) is 0 Å². The van der Waals surface area contributed by atoms with Crippen LogP contribution in [-0.2, 0) is 16.3 Å². The molecule has 1 aliphatic heterocycles. The number of hydrogen-bond donors (Lipinski definition) is 1. The molecule has 1 aromatic heterocycles. The monoisotopic (exact) mass is 356 g/mol. The number of fused-ring (bicyclic) bond motifs is 1. The van der Waals surface area contributed by atoms with E-state index in [1.54, 1.807) is 4.57 Å². The van der Waals surface area contributed by atoms with E-state index in [1.165, 1.54) is 0 Å². The Morgan fingerprint density at radius 2 is 2.00 bits per heavy atom. The summed E-state index contributed by atoms with van der Waals surface area (Å²) < 4.78 is 7.03. The second-order valence-electron chi connectivity index (χ2n) is 7.02. The smallest absolute Gasteiger partial charge is 0.307 e. The Hall–Kier alpha value is -2.14. The molecule has 0 spiro atoms. The number of pyridine rings is 1. The SMILES string of the molecule is CCCCCC(=O)OCn1c(=O)c(C2CCNCC2)cc2ccccc21. The maximum absolute atomic E-state index is 13.1. The summed E-state index contributed by atoms with van der Waals surface area (Å²) in [5.41, 5.74) is 1.63. The second kappa shape index (κ2) is 8.99. The van der Waals surface area contributed by atoms with Crippen molar-refractivity contribution in [2.45, 2.75) is 58.1 Å². The minimum atomic E-state index is -0.235. The molecule has 26 heavy (non-hydrogen) atoms. The number of nitrogens with one attached hydrogen (secondary N) is 1. The van der Waals surface area contributed by atoms with Crippen molar-refractivity contribution < 1.29 is 9.53 Å². The highest BCUT2D eigenvalue weighted by Crippen LogP contribution is 2.25. The molecule has 0 unspecified atom stereocenters. The molecule has 140 valence electrons. The van der Waals surface area contributed by atoms with Crippen LogP contribution in [0.3, 0.4) is 0 Å². The van der Waals surface area contributed by atoms with E-state index in [1.807, 2.05) is 30.3 Å². The number of unbranched alkanes of at least 4 members (excludes halogenated alkanes) is 2. The van der Waals surface area contributed by atoms with E-state index in [9.17, 15) is 9.59 Å². The molecule has 0 bridgehead atoms. The first-order chi connectivity index (χ1) is 12.7. The van der Waals surface area contributed by atoms with Gasteiger partial charge < -0.3 is 10.1 Å². The molecule has 2 heterocycles. The van der Waals surface area contributed by atoms with E-state index >= 15 is 0 Å². The number of para-hydroxylation sites is 1. The van der Waals surface area contributed by atoms with E-state index in [0.717, 1.165) is 61.7 Å². The molecule has 3 rings (SSSR count). The van der Waals surface area contributed by atoms with Gasteiger partial charge in [-0.2, -0.15) is 0 Å².